The number of nitrogens with two attached hydrogens (primary N) is 2. The molecule has 0 aromatic rings. The van der Waals surface area contributed by atoms with Crippen molar-refractivity contribution in [1.29, 1.82) is 0 Å². The van der Waals surface area contributed by atoms with Crippen molar-refractivity contribution < 1.29 is 68.4 Å². The number of hydrogen-bond donors (Lipinski definition) is 10. The lowest BCUT2D eigenvalue weighted by atomic mass is 10.1. The molecule has 0 spiro atoms. The lowest BCUT2D eigenvalue weighted by Crippen LogP contribution is -2.56. The van der Waals surface area contributed by atoms with E-state index in [1.54, 1.807) is 0 Å². The van der Waals surface area contributed by atoms with Gasteiger partial charge in [-0.05, 0) is 51.5 Å². The van der Waals surface area contributed by atoms with Gasteiger partial charge < -0.3 is 77.7 Å². The van der Waals surface area contributed by atoms with Gasteiger partial charge in [0, 0.05) is 52.0 Å². The maximum absolute atomic E-state index is 14.0. The van der Waals surface area contributed by atoms with Crippen LogP contribution in [0.4, 0.5) is 0 Å². The van der Waals surface area contributed by atoms with Crippen LogP contribution in [-0.4, -0.2) is 224 Å². The van der Waals surface area contributed by atoms with Gasteiger partial charge in [0.1, 0.15) is 42.8 Å². The average molecular weight is 908 g/mol. The van der Waals surface area contributed by atoms with Crippen LogP contribution in [-0.2, 0) is 47.9 Å². The third-order valence-electron chi connectivity index (χ3n) is 12.3. The van der Waals surface area contributed by atoms with Gasteiger partial charge in [0.2, 0.25) is 53.2 Å². The number of unbranched alkanes of at least 4 members (excludes halogenated alkanes) is 1. The minimum atomic E-state index is -1.26. The Morgan fingerprint density at radius 1 is 0.547 bits per heavy atom. The van der Waals surface area contributed by atoms with Gasteiger partial charge in [-0.3, -0.25) is 47.9 Å². The summed E-state index contributed by atoms with van der Waals surface area (Å²) in [5.41, 5.74) is 11.1. The molecule has 12 N–H and O–H groups in total. The number of aliphatic carboxylic acids is 1. The van der Waals surface area contributed by atoms with Crippen molar-refractivity contribution in [3.63, 3.8) is 0 Å². The van der Waals surface area contributed by atoms with Crippen LogP contribution in [0.2, 0.25) is 0 Å². The molecule has 356 valence electrons. The Kier molecular flexibility index (Phi) is 17.3. The minimum Gasteiger partial charge on any atom is -0.480 e. The van der Waals surface area contributed by atoms with Crippen LogP contribution in [0.1, 0.15) is 64.2 Å². The average Bonchev–Trinajstić information content (AvgIpc) is 4.13. The Morgan fingerprint density at radius 3 is 1.47 bits per heavy atom. The Bertz CT molecular complexity index is 1800. The monoisotopic (exact) mass is 907 g/mol. The third-order valence-corrected chi connectivity index (χ3v) is 12.3. The molecule has 5 heterocycles. The second-order valence-corrected chi connectivity index (χ2v) is 16.8. The van der Waals surface area contributed by atoms with E-state index in [-0.39, 0.29) is 77.8 Å². The molecule has 64 heavy (non-hydrogen) atoms. The first-order valence-corrected chi connectivity index (χ1v) is 21.7. The number of rotatable bonds is 18. The highest BCUT2D eigenvalue weighted by Crippen LogP contribution is 2.27. The summed E-state index contributed by atoms with van der Waals surface area (Å²) in [4.78, 5) is 137. The highest BCUT2D eigenvalue weighted by molar-refractivity contribution is 5.98. The molecule has 5 fully saturated rings. The van der Waals surface area contributed by atoms with Crippen molar-refractivity contribution in [1.82, 2.24) is 45.8 Å². The van der Waals surface area contributed by atoms with E-state index in [2.05, 4.69) is 21.3 Å². The molecule has 5 rings (SSSR count). The third kappa shape index (κ3) is 12.0. The zero-order valence-corrected chi connectivity index (χ0v) is 35.6. The predicted molar refractivity (Wildman–Crippen MR) is 218 cm³/mol. The van der Waals surface area contributed by atoms with Gasteiger partial charge in [-0.2, -0.15) is 0 Å². The number of β-amino-alcohol motifs (C(OH)–C–C–N with tert-alkyl or cyclic N) is 3. The number of nitrogens with one attached hydrogen (secondary N) is 4. The number of carbonyl (C=O) groups is 10. The summed E-state index contributed by atoms with van der Waals surface area (Å²) in [7, 11) is 0. The number of amides is 9. The first-order chi connectivity index (χ1) is 30.4. The topological polar surface area (TPSA) is 368 Å². The van der Waals surface area contributed by atoms with E-state index in [9.17, 15) is 63.3 Å². The van der Waals surface area contributed by atoms with Crippen molar-refractivity contribution >= 4 is 59.1 Å². The molecule has 0 aliphatic carbocycles. The molecule has 9 atom stereocenters. The SMILES string of the molecule is NCCCC[C@H](NC(=O)[C@@H]1C[C@@H](O)CN1C(=O)CN)C(=O)NCC(=O)N1C[C@H](O)C[C@H]1C(=O)N1CCC[C@H]1C(=O)NCC(=O)N1C[C@H](O)C[C@H]1C(=O)N1CCC[C@H]1C(=O)NCC(=O)O. The van der Waals surface area contributed by atoms with Crippen LogP contribution in [0.5, 0.6) is 0 Å². The molecule has 25 heteroatoms. The largest absolute Gasteiger partial charge is 0.480 e. The van der Waals surface area contributed by atoms with Crippen LogP contribution >= 0.6 is 0 Å². The molecule has 0 unspecified atom stereocenters. The van der Waals surface area contributed by atoms with E-state index in [0.29, 0.717) is 32.2 Å². The van der Waals surface area contributed by atoms with E-state index < -0.39 is 133 Å². The van der Waals surface area contributed by atoms with Crippen molar-refractivity contribution in [2.24, 2.45) is 11.5 Å². The minimum absolute atomic E-state index is 0.0623. The Hall–Kier alpha value is -5.50. The molecular weight excluding hydrogens is 846 g/mol. The Morgan fingerprint density at radius 2 is 1.00 bits per heavy atom. The quantitative estimate of drug-likeness (QED) is 0.0571. The zero-order chi connectivity index (χ0) is 46.8. The van der Waals surface area contributed by atoms with Gasteiger partial charge in [-0.15, -0.1) is 0 Å². The zero-order valence-electron chi connectivity index (χ0n) is 35.6. The number of carboxylic acids is 1. The maximum Gasteiger partial charge on any atom is 0.322 e. The van der Waals surface area contributed by atoms with Gasteiger partial charge in [0.15, 0.2) is 0 Å². The Balaban J connectivity index is 1.16. The van der Waals surface area contributed by atoms with E-state index in [0.717, 1.165) is 14.7 Å². The summed E-state index contributed by atoms with van der Waals surface area (Å²) < 4.78 is 0. The summed E-state index contributed by atoms with van der Waals surface area (Å²) in [6, 6.07) is -6.58. The Labute approximate surface area is 368 Å². The van der Waals surface area contributed by atoms with Crippen molar-refractivity contribution in [2.75, 3.05) is 65.4 Å². The number of carboxylic acid groups (broad SMARTS) is 1. The molecule has 0 aromatic heterocycles. The van der Waals surface area contributed by atoms with Gasteiger partial charge in [0.05, 0.1) is 37.9 Å². The molecule has 5 aliphatic rings. The summed E-state index contributed by atoms with van der Waals surface area (Å²) in [5, 5.41) is 50.0. The molecule has 5 aliphatic heterocycles. The van der Waals surface area contributed by atoms with E-state index >= 15 is 0 Å². The van der Waals surface area contributed by atoms with Crippen LogP contribution < -0.4 is 32.7 Å². The fraction of sp³-hybridized carbons (Fsp3) is 0.744. The second kappa shape index (κ2) is 22.4. The standard InChI is InChI=1S/C39H61N11O14/c40-8-2-1-5-24(45-37(62)27-11-21(51)18-48(27)30(54)14-41)34(59)42-15-31(55)49-19-22(52)12-28(49)38(63)46-9-3-6-25(46)35(60)43-16-32(56)50-20-23(53)13-29(50)39(64)47-10-4-7-26(47)36(61)44-17-33(57)58/h21-29,51-53H,1-20,40-41H2,(H,42,59)(H,43,60)(H,44,61)(H,45,62)(H,57,58)/t21-,22-,23-,24+,25+,26+,27+,28+,29+/m1/s1. The molecule has 0 aromatic carbocycles. The number of aliphatic hydroxyl groups excluding tert-OH is 3. The van der Waals surface area contributed by atoms with E-state index in [4.69, 9.17) is 16.6 Å². The number of carbonyl (C=O) groups excluding carboxylic acids is 9. The lowest BCUT2D eigenvalue weighted by Gasteiger charge is -2.32. The molecule has 0 bridgehead atoms. The summed E-state index contributed by atoms with van der Waals surface area (Å²) in [6.07, 6.45) is -1.05. The number of nitrogens with zero attached hydrogens (tertiary/aromatic N) is 5. The van der Waals surface area contributed by atoms with Crippen LogP contribution in [0.25, 0.3) is 0 Å². The summed E-state index contributed by atoms with van der Waals surface area (Å²) in [5.74, 6) is -7.24. The van der Waals surface area contributed by atoms with Gasteiger partial charge in [0.25, 0.3) is 0 Å². The number of hydrogen-bond acceptors (Lipinski definition) is 15. The van der Waals surface area contributed by atoms with E-state index in [1.165, 1.54) is 9.80 Å². The summed E-state index contributed by atoms with van der Waals surface area (Å²) >= 11 is 0. The molecule has 9 amide bonds. The van der Waals surface area contributed by atoms with Gasteiger partial charge in [-0.1, -0.05) is 0 Å². The van der Waals surface area contributed by atoms with Gasteiger partial charge >= 0.3 is 5.97 Å². The van der Waals surface area contributed by atoms with E-state index in [1.807, 2.05) is 0 Å². The van der Waals surface area contributed by atoms with Crippen molar-refractivity contribution in [2.45, 2.75) is 119 Å². The number of aliphatic hydroxyl groups is 3. The van der Waals surface area contributed by atoms with Gasteiger partial charge in [-0.25, -0.2) is 0 Å². The maximum atomic E-state index is 14.0. The fourth-order valence-corrected chi connectivity index (χ4v) is 9.17. The van der Waals surface area contributed by atoms with Crippen molar-refractivity contribution in [3.8, 4) is 0 Å². The lowest BCUT2D eigenvalue weighted by molar-refractivity contribution is -0.148. The highest BCUT2D eigenvalue weighted by atomic mass is 16.4. The summed E-state index contributed by atoms with van der Waals surface area (Å²) in [6.45, 7) is -2.18. The fourth-order valence-electron chi connectivity index (χ4n) is 9.17. The number of likely N-dealkylation sites (tertiary alicyclic amines) is 5. The normalized spacial score (nSPS) is 27.0. The molecule has 25 nitrogen and oxygen atoms in total. The van der Waals surface area contributed by atoms with Crippen LogP contribution in [0, 0.1) is 0 Å². The smallest absolute Gasteiger partial charge is 0.322 e. The highest BCUT2D eigenvalue weighted by Gasteiger charge is 2.47. The molecule has 0 saturated carbocycles. The molecule has 5 saturated heterocycles. The molecule has 0 radical (unpaired) electrons. The first kappa shape index (κ1) is 49.5. The second-order valence-electron chi connectivity index (χ2n) is 16.8. The van der Waals surface area contributed by atoms with Crippen molar-refractivity contribution in [3.05, 3.63) is 0 Å². The van der Waals surface area contributed by atoms with Crippen LogP contribution in [0.3, 0.4) is 0 Å². The predicted octanol–water partition coefficient (Wildman–Crippen LogP) is -7.14. The first-order valence-electron chi connectivity index (χ1n) is 21.7. The van der Waals surface area contributed by atoms with Crippen LogP contribution in [0.15, 0.2) is 0 Å². The molecular formula is C39H61N11O14.